The van der Waals surface area contributed by atoms with Crippen LogP contribution in [0.25, 0.3) is 0 Å². The van der Waals surface area contributed by atoms with E-state index in [1.165, 1.54) is 41.3 Å². The molecule has 36 heavy (non-hydrogen) atoms. The first-order valence-corrected chi connectivity index (χ1v) is 14.4. The molecule has 2 N–H and O–H groups in total. The van der Waals surface area contributed by atoms with Crippen molar-refractivity contribution in [2.45, 2.75) is 31.7 Å². The lowest BCUT2D eigenvalue weighted by Gasteiger charge is -2.42. The van der Waals surface area contributed by atoms with E-state index in [0.29, 0.717) is 12.0 Å². The smallest absolute Gasteiger partial charge is 0.286 e. The molecule has 1 amide bonds. The van der Waals surface area contributed by atoms with Crippen molar-refractivity contribution in [3.05, 3.63) is 53.8 Å². The van der Waals surface area contributed by atoms with Crippen molar-refractivity contribution in [1.82, 2.24) is 4.90 Å². The molecule has 1 saturated heterocycles. The summed E-state index contributed by atoms with van der Waals surface area (Å²) in [6.45, 7) is 3.74. The van der Waals surface area contributed by atoms with Crippen LogP contribution in [0.2, 0.25) is 0 Å². The summed E-state index contributed by atoms with van der Waals surface area (Å²) in [7, 11) is -8.02. The van der Waals surface area contributed by atoms with Crippen LogP contribution in [0.4, 0.5) is 15.8 Å². The van der Waals surface area contributed by atoms with Crippen molar-refractivity contribution in [2.75, 3.05) is 22.8 Å². The van der Waals surface area contributed by atoms with Gasteiger partial charge in [-0.05, 0) is 42.3 Å². The van der Waals surface area contributed by atoms with E-state index in [9.17, 15) is 30.8 Å². The largest absolute Gasteiger partial charge is 0.341 e. The van der Waals surface area contributed by atoms with Gasteiger partial charge in [0, 0.05) is 24.2 Å². The summed E-state index contributed by atoms with van der Waals surface area (Å²) in [5.41, 5.74) is -0.225. The predicted molar refractivity (Wildman–Crippen MR) is 132 cm³/mol. The van der Waals surface area contributed by atoms with Crippen LogP contribution < -0.4 is 10.0 Å². The Bertz CT molecular complexity index is 1490. The standard InChI is InChI=1S/C23H25FN4O6S2/c1-4-23(2)13-28(12-14-5-7-15(24)8-6-14)22(30)19(20(23)29)21-25-17-10-9-16(26-35(3,31)32)11-18(17)36(33,34)27-21/h5-11,19,26H,4,12-13H2,1-3H3,(H,25,27). The summed E-state index contributed by atoms with van der Waals surface area (Å²) in [6.07, 6.45) is 1.32. The van der Waals surface area contributed by atoms with Gasteiger partial charge >= 0.3 is 0 Å². The average Bonchev–Trinajstić information content (AvgIpc) is 2.78. The highest BCUT2D eigenvalue weighted by atomic mass is 32.2. The van der Waals surface area contributed by atoms with Gasteiger partial charge in [-0.15, -0.1) is 4.40 Å². The maximum atomic E-state index is 13.5. The zero-order chi connectivity index (χ0) is 26.5. The second-order valence-electron chi connectivity index (χ2n) is 9.19. The van der Waals surface area contributed by atoms with Gasteiger partial charge in [-0.1, -0.05) is 26.0 Å². The summed E-state index contributed by atoms with van der Waals surface area (Å²) in [5, 5.41) is 2.80. The minimum atomic E-state index is -4.36. The zero-order valence-electron chi connectivity index (χ0n) is 19.8. The molecule has 0 saturated carbocycles. The number of fused-ring (bicyclic) bond motifs is 1. The van der Waals surface area contributed by atoms with E-state index in [1.807, 2.05) is 0 Å². The Morgan fingerprint density at radius 1 is 1.19 bits per heavy atom. The van der Waals surface area contributed by atoms with Gasteiger partial charge in [0.2, 0.25) is 15.9 Å². The number of anilines is 2. The van der Waals surface area contributed by atoms with Crippen LogP contribution in [0, 0.1) is 17.2 Å². The Hall–Kier alpha value is -3.32. The lowest BCUT2D eigenvalue weighted by atomic mass is 9.72. The van der Waals surface area contributed by atoms with Crippen LogP contribution in [0.5, 0.6) is 0 Å². The maximum Gasteiger partial charge on any atom is 0.286 e. The molecular formula is C23H25FN4O6S2. The van der Waals surface area contributed by atoms with Crippen molar-refractivity contribution < 1.29 is 30.8 Å². The Morgan fingerprint density at radius 3 is 2.47 bits per heavy atom. The highest BCUT2D eigenvalue weighted by Gasteiger charge is 2.51. The Morgan fingerprint density at radius 2 is 1.86 bits per heavy atom. The number of nitrogens with one attached hydrogen (secondary N) is 2. The van der Waals surface area contributed by atoms with Crippen molar-refractivity contribution in [2.24, 2.45) is 15.7 Å². The number of halogens is 1. The first kappa shape index (κ1) is 25.8. The molecular weight excluding hydrogens is 511 g/mol. The zero-order valence-corrected chi connectivity index (χ0v) is 21.4. The summed E-state index contributed by atoms with van der Waals surface area (Å²) < 4.78 is 68.4. The number of ketones is 1. The molecule has 2 atom stereocenters. The Balaban J connectivity index is 1.71. The third-order valence-electron chi connectivity index (χ3n) is 6.34. The molecule has 2 heterocycles. The quantitative estimate of drug-likeness (QED) is 0.540. The molecule has 2 aliphatic rings. The molecule has 10 nitrogen and oxygen atoms in total. The lowest BCUT2D eigenvalue weighted by molar-refractivity contribution is -0.151. The molecule has 0 bridgehead atoms. The van der Waals surface area contributed by atoms with Gasteiger partial charge in [-0.2, -0.15) is 8.42 Å². The topological polar surface area (TPSA) is 142 Å². The normalized spacial score (nSPS) is 23.5. The van der Waals surface area contributed by atoms with Crippen LogP contribution in [0.3, 0.4) is 0 Å². The Kier molecular flexibility index (Phi) is 6.41. The van der Waals surface area contributed by atoms with Crippen LogP contribution in [-0.4, -0.2) is 52.1 Å². The number of nitrogens with zero attached hydrogens (tertiary/aromatic N) is 2. The van der Waals surface area contributed by atoms with E-state index in [1.54, 1.807) is 13.8 Å². The van der Waals surface area contributed by atoms with Gasteiger partial charge in [0.15, 0.2) is 11.7 Å². The molecule has 13 heteroatoms. The van der Waals surface area contributed by atoms with Crippen LogP contribution in [-0.2, 0) is 36.2 Å². The second kappa shape index (κ2) is 8.96. The maximum absolute atomic E-state index is 13.5. The molecule has 2 unspecified atom stereocenters. The minimum absolute atomic E-state index is 0.0223. The first-order chi connectivity index (χ1) is 16.7. The number of benzene rings is 2. The molecule has 0 aromatic heterocycles. The molecule has 1 fully saturated rings. The van der Waals surface area contributed by atoms with Crippen LogP contribution in [0.15, 0.2) is 51.8 Å². The fourth-order valence-corrected chi connectivity index (χ4v) is 6.01. The number of hydrogen-bond acceptors (Lipinski definition) is 7. The molecule has 0 spiro atoms. The first-order valence-electron chi connectivity index (χ1n) is 11.0. The number of carbonyl (C=O) groups excluding carboxylic acids is 2. The summed E-state index contributed by atoms with van der Waals surface area (Å²) in [5.74, 6) is -3.29. The number of sulfonamides is 2. The van der Waals surface area contributed by atoms with E-state index in [2.05, 4.69) is 14.4 Å². The number of rotatable bonds is 6. The molecule has 4 rings (SSSR count). The van der Waals surface area contributed by atoms with Crippen molar-refractivity contribution in [3.63, 3.8) is 0 Å². The number of likely N-dealkylation sites (tertiary alicyclic amines) is 1. The summed E-state index contributed by atoms with van der Waals surface area (Å²) >= 11 is 0. The fraction of sp³-hybridized carbons (Fsp3) is 0.348. The summed E-state index contributed by atoms with van der Waals surface area (Å²) in [4.78, 5) is 28.1. The van der Waals surface area contributed by atoms with Gasteiger partial charge in [0.25, 0.3) is 10.0 Å². The van der Waals surface area contributed by atoms with E-state index < -0.39 is 48.9 Å². The van der Waals surface area contributed by atoms with Crippen molar-refractivity contribution in [1.29, 1.82) is 0 Å². The van der Waals surface area contributed by atoms with E-state index in [0.717, 1.165) is 12.3 Å². The third kappa shape index (κ3) is 4.98. The predicted octanol–water partition coefficient (Wildman–Crippen LogP) is 2.35. The van der Waals surface area contributed by atoms with Crippen LogP contribution in [0.1, 0.15) is 25.8 Å². The molecule has 0 radical (unpaired) electrons. The van der Waals surface area contributed by atoms with Gasteiger partial charge < -0.3 is 10.2 Å². The SMILES string of the molecule is CCC1(C)CN(Cc2ccc(F)cc2)C(=O)C(C2=NS(=O)(=O)c3cc(NS(C)(=O)=O)ccc3N2)C1=O. The number of hydrogen-bond donors (Lipinski definition) is 2. The number of amides is 1. The van der Waals surface area contributed by atoms with E-state index in [4.69, 9.17) is 0 Å². The second-order valence-corrected chi connectivity index (χ2v) is 12.5. The summed E-state index contributed by atoms with van der Waals surface area (Å²) in [6, 6.07) is 9.42. The molecule has 2 aromatic rings. The van der Waals surface area contributed by atoms with E-state index in [-0.39, 0.29) is 35.2 Å². The van der Waals surface area contributed by atoms with Gasteiger partial charge in [-0.3, -0.25) is 14.3 Å². The van der Waals surface area contributed by atoms with E-state index >= 15 is 0 Å². The highest BCUT2D eigenvalue weighted by Crippen LogP contribution is 2.38. The molecule has 2 aromatic carbocycles. The van der Waals surface area contributed by atoms with Gasteiger partial charge in [0.1, 0.15) is 16.5 Å². The monoisotopic (exact) mass is 536 g/mol. The number of piperidine rings is 1. The average molecular weight is 537 g/mol. The Labute approximate surface area is 208 Å². The number of amidine groups is 1. The fourth-order valence-electron chi connectivity index (χ4n) is 4.27. The number of carbonyl (C=O) groups is 2. The molecule has 2 aliphatic heterocycles. The van der Waals surface area contributed by atoms with Crippen molar-refractivity contribution in [3.8, 4) is 0 Å². The highest BCUT2D eigenvalue weighted by molar-refractivity contribution is 7.92. The third-order valence-corrected chi connectivity index (χ3v) is 8.28. The van der Waals surface area contributed by atoms with Gasteiger partial charge in [0.05, 0.1) is 11.9 Å². The minimum Gasteiger partial charge on any atom is -0.341 e. The molecule has 0 aliphatic carbocycles. The van der Waals surface area contributed by atoms with Crippen LogP contribution >= 0.6 is 0 Å². The van der Waals surface area contributed by atoms with Gasteiger partial charge in [-0.25, -0.2) is 12.8 Å². The number of Topliss-reactive ketones (excluding diaryl/α,β-unsaturated/α-hetero) is 1. The van der Waals surface area contributed by atoms with Crippen molar-refractivity contribution >= 4 is 48.9 Å². The lowest BCUT2D eigenvalue weighted by Crippen LogP contribution is -2.59. The molecule has 192 valence electrons.